The summed E-state index contributed by atoms with van der Waals surface area (Å²) in [4.78, 5) is 64.2. The van der Waals surface area contributed by atoms with Crippen molar-refractivity contribution in [3.63, 3.8) is 0 Å². The molecule has 1 aliphatic heterocycles. The highest BCUT2D eigenvalue weighted by Crippen LogP contribution is 2.26. The lowest BCUT2D eigenvalue weighted by Gasteiger charge is -2.35. The molecule has 0 aromatic carbocycles. The van der Waals surface area contributed by atoms with E-state index in [1.54, 1.807) is 0 Å². The summed E-state index contributed by atoms with van der Waals surface area (Å²) in [6, 6.07) is -3.08. The predicted molar refractivity (Wildman–Crippen MR) is 137 cm³/mol. The van der Waals surface area contributed by atoms with E-state index in [-0.39, 0.29) is 12.5 Å². The summed E-state index contributed by atoms with van der Waals surface area (Å²) >= 11 is 0. The fourth-order valence-electron chi connectivity index (χ4n) is 3.56. The molecule has 0 aliphatic carbocycles. The normalized spacial score (nSPS) is 16.7. The first-order chi connectivity index (χ1) is 16.4. The number of nitrogens with zero attached hydrogens (tertiary/aromatic N) is 1. The van der Waals surface area contributed by atoms with Crippen LogP contribution < -0.4 is 21.3 Å². The van der Waals surface area contributed by atoms with Gasteiger partial charge in [-0.15, -0.1) is 6.58 Å². The first-order valence-electron chi connectivity index (χ1n) is 12.4. The average Bonchev–Trinajstić information content (AvgIpc) is 3.29. The molecule has 0 aromatic heterocycles. The van der Waals surface area contributed by atoms with Crippen molar-refractivity contribution in [2.45, 2.75) is 91.8 Å². The number of hydrogen-bond acceptors (Lipinski definition) is 5. The van der Waals surface area contributed by atoms with E-state index in [1.165, 1.54) is 24.4 Å². The van der Waals surface area contributed by atoms with E-state index in [1.807, 2.05) is 27.7 Å². The second-order valence-electron chi connectivity index (χ2n) is 9.63. The molecule has 1 fully saturated rings. The number of rotatable bonds is 10. The molecule has 10 heteroatoms. The molecule has 0 saturated carbocycles. The summed E-state index contributed by atoms with van der Waals surface area (Å²) < 4.78 is 0. The van der Waals surface area contributed by atoms with Gasteiger partial charge in [-0.3, -0.25) is 19.2 Å². The summed E-state index contributed by atoms with van der Waals surface area (Å²) in [6.45, 7) is 15.6. The van der Waals surface area contributed by atoms with Gasteiger partial charge in [0.15, 0.2) is 0 Å². The van der Waals surface area contributed by atoms with Gasteiger partial charge in [0.25, 0.3) is 5.91 Å². The number of urea groups is 1. The zero-order chi connectivity index (χ0) is 27.2. The Bertz CT molecular complexity index is 747. The zero-order valence-electron chi connectivity index (χ0n) is 22.5. The molecule has 200 valence electrons. The molecule has 1 rings (SSSR count). The van der Waals surface area contributed by atoms with Crippen LogP contribution in [0.1, 0.15) is 73.6 Å². The summed E-state index contributed by atoms with van der Waals surface area (Å²) in [6.07, 6.45) is 4.65. The third kappa shape index (κ3) is 10.5. The number of amides is 5. The van der Waals surface area contributed by atoms with Crippen molar-refractivity contribution in [2.24, 2.45) is 5.41 Å². The summed E-state index contributed by atoms with van der Waals surface area (Å²) in [5.74, 6) is -2.36. The van der Waals surface area contributed by atoms with E-state index in [0.717, 1.165) is 0 Å². The van der Waals surface area contributed by atoms with Gasteiger partial charge in [-0.1, -0.05) is 60.5 Å². The van der Waals surface area contributed by atoms with E-state index in [9.17, 15) is 24.0 Å². The number of Topliss-reactive ketones (excluding diaryl/α,β-unsaturated/α-hetero) is 1. The van der Waals surface area contributed by atoms with Gasteiger partial charge in [0.1, 0.15) is 12.1 Å². The van der Waals surface area contributed by atoms with Crippen LogP contribution in [0.5, 0.6) is 0 Å². The molecule has 0 aromatic rings. The molecule has 35 heavy (non-hydrogen) atoms. The summed E-state index contributed by atoms with van der Waals surface area (Å²) in [7, 11) is 1.46. The maximum Gasteiger partial charge on any atom is 0.315 e. The van der Waals surface area contributed by atoms with Gasteiger partial charge in [0.2, 0.25) is 17.6 Å². The van der Waals surface area contributed by atoms with Crippen molar-refractivity contribution < 1.29 is 24.0 Å². The van der Waals surface area contributed by atoms with Gasteiger partial charge >= 0.3 is 6.03 Å². The van der Waals surface area contributed by atoms with E-state index in [4.69, 9.17) is 0 Å². The Morgan fingerprint density at radius 2 is 1.69 bits per heavy atom. The fraction of sp³-hybridized carbons (Fsp3) is 0.720. The first kappa shape index (κ1) is 32.1. The highest BCUT2D eigenvalue weighted by molar-refractivity contribution is 6.38. The van der Waals surface area contributed by atoms with E-state index in [0.29, 0.717) is 32.2 Å². The lowest BCUT2D eigenvalue weighted by atomic mass is 9.85. The van der Waals surface area contributed by atoms with Crippen molar-refractivity contribution >= 4 is 29.5 Å². The number of ketones is 1. The van der Waals surface area contributed by atoms with E-state index < -0.39 is 47.2 Å². The Hall–Kier alpha value is -2.91. The lowest BCUT2D eigenvalue weighted by Crippen LogP contribution is -2.59. The maximum absolute atomic E-state index is 13.3. The van der Waals surface area contributed by atoms with Crippen molar-refractivity contribution in [1.82, 2.24) is 26.2 Å². The molecule has 3 atom stereocenters. The van der Waals surface area contributed by atoms with E-state index in [2.05, 4.69) is 41.7 Å². The summed E-state index contributed by atoms with van der Waals surface area (Å²) in [5.41, 5.74) is -0.586. The van der Waals surface area contributed by atoms with Crippen molar-refractivity contribution in [3.8, 4) is 0 Å². The highest BCUT2D eigenvalue weighted by Gasteiger charge is 2.42. The van der Waals surface area contributed by atoms with Gasteiger partial charge in [0.05, 0.1) is 6.04 Å². The number of hydrogen-bond donors (Lipinski definition) is 4. The standard InChI is InChI=1S/C22H37N5O5.C3H8/c1-7-10-14(16(28)19(30)24-12-8-2)25-18(29)15-11-9-13-27(15)20(31)17(22(3,4)5)26-21(32)23-6;1-3-2/h8,14-15,17H,2,7,9-13H2,1,3-6H3,(H,24,30)(H,25,29)(H2,23,26,32);3H2,1-2H3/t14?,15-,17?;/m0./s1. The largest absolute Gasteiger partial charge is 0.346 e. The van der Waals surface area contributed by atoms with Gasteiger partial charge in [-0.05, 0) is 24.7 Å². The Kier molecular flexibility index (Phi) is 14.6. The van der Waals surface area contributed by atoms with Crippen LogP contribution in [0.25, 0.3) is 0 Å². The molecule has 1 saturated heterocycles. The number of likely N-dealkylation sites (tertiary alicyclic amines) is 1. The molecule has 5 amide bonds. The molecule has 1 aliphatic rings. The molecule has 2 unspecified atom stereocenters. The third-order valence-electron chi connectivity index (χ3n) is 5.30. The molecule has 0 spiro atoms. The number of carbonyl (C=O) groups is 5. The number of nitrogens with one attached hydrogen (secondary N) is 4. The smallest absolute Gasteiger partial charge is 0.315 e. The lowest BCUT2D eigenvalue weighted by molar-refractivity contribution is -0.143. The predicted octanol–water partition coefficient (Wildman–Crippen LogP) is 1.89. The minimum atomic E-state index is -0.975. The van der Waals surface area contributed by atoms with Crippen molar-refractivity contribution in [1.29, 1.82) is 0 Å². The zero-order valence-corrected chi connectivity index (χ0v) is 22.5. The molecule has 4 N–H and O–H groups in total. The SMILES string of the molecule is C=CCNC(=O)C(=O)C(CCC)NC(=O)[C@@H]1CCCN1C(=O)C(NC(=O)NC)C(C)(C)C.CCC. The summed E-state index contributed by atoms with van der Waals surface area (Å²) in [5, 5.41) is 10.2. The van der Waals surface area contributed by atoms with Crippen molar-refractivity contribution in [3.05, 3.63) is 12.7 Å². The molecular weight excluding hydrogens is 450 g/mol. The molecule has 1 heterocycles. The van der Waals surface area contributed by atoms with Crippen LogP contribution in [0.3, 0.4) is 0 Å². The van der Waals surface area contributed by atoms with Crippen LogP contribution in [-0.4, -0.2) is 72.7 Å². The Morgan fingerprint density at radius 1 is 1.09 bits per heavy atom. The second kappa shape index (κ2) is 15.9. The van der Waals surface area contributed by atoms with Crippen molar-refractivity contribution in [2.75, 3.05) is 20.1 Å². The second-order valence-corrected chi connectivity index (χ2v) is 9.63. The Labute approximate surface area is 210 Å². The number of carbonyl (C=O) groups excluding carboxylic acids is 5. The topological polar surface area (TPSA) is 137 Å². The van der Waals surface area contributed by atoms with Gasteiger partial charge in [0, 0.05) is 20.1 Å². The van der Waals surface area contributed by atoms with Gasteiger partial charge in [-0.25, -0.2) is 4.79 Å². The Balaban J connectivity index is 0.00000365. The third-order valence-corrected chi connectivity index (χ3v) is 5.30. The maximum atomic E-state index is 13.3. The Morgan fingerprint density at radius 3 is 2.17 bits per heavy atom. The van der Waals surface area contributed by atoms with Gasteiger partial charge in [-0.2, -0.15) is 0 Å². The van der Waals surface area contributed by atoms with Crippen LogP contribution in [0, 0.1) is 5.41 Å². The van der Waals surface area contributed by atoms with Crippen LogP contribution in [0.2, 0.25) is 0 Å². The van der Waals surface area contributed by atoms with Gasteiger partial charge < -0.3 is 26.2 Å². The molecule has 10 nitrogen and oxygen atoms in total. The van der Waals surface area contributed by atoms with Crippen LogP contribution in [0.4, 0.5) is 4.79 Å². The fourth-order valence-corrected chi connectivity index (χ4v) is 3.56. The molecule has 0 bridgehead atoms. The molecule has 0 radical (unpaired) electrons. The minimum Gasteiger partial charge on any atom is -0.346 e. The highest BCUT2D eigenvalue weighted by atomic mass is 16.2. The van der Waals surface area contributed by atoms with Crippen LogP contribution >= 0.6 is 0 Å². The first-order valence-corrected chi connectivity index (χ1v) is 12.4. The minimum absolute atomic E-state index is 0.148. The monoisotopic (exact) mass is 495 g/mol. The van der Waals surface area contributed by atoms with E-state index >= 15 is 0 Å². The van der Waals surface area contributed by atoms with Crippen LogP contribution in [0.15, 0.2) is 12.7 Å². The quantitative estimate of drug-likeness (QED) is 0.271. The average molecular weight is 496 g/mol. The van der Waals surface area contributed by atoms with Crippen LogP contribution in [-0.2, 0) is 19.2 Å². The molecular formula is C25H45N5O5.